The van der Waals surface area contributed by atoms with Crippen molar-refractivity contribution >= 4 is 23.5 Å². The minimum atomic E-state index is -1.06. The van der Waals surface area contributed by atoms with E-state index in [0.29, 0.717) is 0 Å². The number of hydrogen-bond donors (Lipinski definition) is 1. The van der Waals surface area contributed by atoms with Gasteiger partial charge in [0, 0.05) is 16.6 Å². The summed E-state index contributed by atoms with van der Waals surface area (Å²) in [6.45, 7) is 1.46. The molecular formula is C14H15ClFNO3. The molecule has 0 heterocycles. The van der Waals surface area contributed by atoms with Gasteiger partial charge in [0.25, 0.3) is 0 Å². The molecule has 1 N–H and O–H groups in total. The Morgan fingerprint density at radius 3 is 2.65 bits per heavy atom. The van der Waals surface area contributed by atoms with Gasteiger partial charge < -0.3 is 10.0 Å². The van der Waals surface area contributed by atoms with E-state index >= 15 is 0 Å². The van der Waals surface area contributed by atoms with Crippen LogP contribution in [-0.4, -0.2) is 34.0 Å². The van der Waals surface area contributed by atoms with Gasteiger partial charge in [-0.2, -0.15) is 0 Å². The summed E-state index contributed by atoms with van der Waals surface area (Å²) >= 11 is 5.89. The van der Waals surface area contributed by atoms with E-state index in [9.17, 15) is 14.0 Å². The molecule has 1 saturated carbocycles. The average molecular weight is 300 g/mol. The minimum Gasteiger partial charge on any atom is -0.480 e. The van der Waals surface area contributed by atoms with Crippen LogP contribution in [0.5, 0.6) is 0 Å². The molecule has 2 rings (SSSR count). The lowest BCUT2D eigenvalue weighted by molar-refractivity contribution is -0.149. The molecule has 1 aliphatic carbocycles. The fourth-order valence-corrected chi connectivity index (χ4v) is 2.38. The summed E-state index contributed by atoms with van der Waals surface area (Å²) in [6.07, 6.45) is 1.35. The third kappa shape index (κ3) is 3.10. The standard InChI is InChI=1S/C14H15ClFNO3/c1-8(14(19)20)17(9-5-6-9)13(18)7-10-11(15)3-2-4-12(10)16/h2-4,8-9H,5-7H2,1H3,(H,19,20). The fourth-order valence-electron chi connectivity index (χ4n) is 2.15. The van der Waals surface area contributed by atoms with E-state index in [1.807, 2.05) is 0 Å². The van der Waals surface area contributed by atoms with E-state index in [4.69, 9.17) is 16.7 Å². The lowest BCUT2D eigenvalue weighted by atomic mass is 10.1. The topological polar surface area (TPSA) is 57.6 Å². The maximum Gasteiger partial charge on any atom is 0.326 e. The van der Waals surface area contributed by atoms with Crippen LogP contribution in [0.15, 0.2) is 18.2 Å². The first kappa shape index (κ1) is 14.8. The summed E-state index contributed by atoms with van der Waals surface area (Å²) in [5.74, 6) is -2.02. The van der Waals surface area contributed by atoms with Gasteiger partial charge in [-0.1, -0.05) is 17.7 Å². The van der Waals surface area contributed by atoms with E-state index in [-0.39, 0.29) is 23.0 Å². The van der Waals surface area contributed by atoms with E-state index in [2.05, 4.69) is 0 Å². The number of carbonyl (C=O) groups is 2. The highest BCUT2D eigenvalue weighted by atomic mass is 35.5. The molecule has 0 aromatic heterocycles. The fraction of sp³-hybridized carbons (Fsp3) is 0.429. The molecule has 1 atom stereocenters. The normalized spacial score (nSPS) is 15.8. The van der Waals surface area contributed by atoms with Crippen LogP contribution in [0.3, 0.4) is 0 Å². The Balaban J connectivity index is 2.19. The number of carbonyl (C=O) groups excluding carboxylic acids is 1. The number of carboxylic acids is 1. The third-order valence-electron chi connectivity index (χ3n) is 3.39. The van der Waals surface area contributed by atoms with Crippen molar-refractivity contribution < 1.29 is 19.1 Å². The molecule has 1 unspecified atom stereocenters. The first-order valence-electron chi connectivity index (χ1n) is 6.38. The predicted molar refractivity (Wildman–Crippen MR) is 72.1 cm³/mol. The first-order chi connectivity index (χ1) is 9.41. The number of rotatable bonds is 5. The van der Waals surface area contributed by atoms with Gasteiger partial charge in [-0.25, -0.2) is 9.18 Å². The van der Waals surface area contributed by atoms with E-state index < -0.39 is 23.7 Å². The second-order valence-corrected chi connectivity index (χ2v) is 5.33. The Morgan fingerprint density at radius 2 is 2.15 bits per heavy atom. The number of nitrogens with zero attached hydrogens (tertiary/aromatic N) is 1. The highest BCUT2D eigenvalue weighted by Gasteiger charge is 2.38. The van der Waals surface area contributed by atoms with Gasteiger partial charge in [-0.15, -0.1) is 0 Å². The zero-order valence-electron chi connectivity index (χ0n) is 11.0. The van der Waals surface area contributed by atoms with Crippen molar-refractivity contribution in [1.82, 2.24) is 4.90 Å². The van der Waals surface area contributed by atoms with Gasteiger partial charge in [0.05, 0.1) is 6.42 Å². The highest BCUT2D eigenvalue weighted by Crippen LogP contribution is 2.30. The highest BCUT2D eigenvalue weighted by molar-refractivity contribution is 6.31. The molecule has 1 fully saturated rings. The molecule has 1 aromatic carbocycles. The van der Waals surface area contributed by atoms with Crippen LogP contribution in [0, 0.1) is 5.82 Å². The Kier molecular flexibility index (Phi) is 4.28. The van der Waals surface area contributed by atoms with Crippen LogP contribution >= 0.6 is 11.6 Å². The van der Waals surface area contributed by atoms with Gasteiger partial charge in [-0.05, 0) is 31.9 Å². The summed E-state index contributed by atoms with van der Waals surface area (Å²) in [5.41, 5.74) is 0.113. The SMILES string of the molecule is CC(C(=O)O)N(C(=O)Cc1c(F)cccc1Cl)C1CC1. The Morgan fingerprint density at radius 1 is 1.50 bits per heavy atom. The van der Waals surface area contributed by atoms with E-state index in [1.165, 1.54) is 30.0 Å². The van der Waals surface area contributed by atoms with Crippen molar-refractivity contribution in [1.29, 1.82) is 0 Å². The molecule has 0 radical (unpaired) electrons. The molecule has 1 aliphatic rings. The second kappa shape index (κ2) is 5.79. The molecule has 1 aromatic rings. The molecule has 108 valence electrons. The smallest absolute Gasteiger partial charge is 0.326 e. The van der Waals surface area contributed by atoms with Gasteiger partial charge in [0.15, 0.2) is 0 Å². The van der Waals surface area contributed by atoms with Crippen LogP contribution in [0.1, 0.15) is 25.3 Å². The molecule has 1 amide bonds. The zero-order valence-corrected chi connectivity index (χ0v) is 11.7. The Bertz CT molecular complexity index is 525. The summed E-state index contributed by atoms with van der Waals surface area (Å²) in [6, 6.07) is 3.23. The van der Waals surface area contributed by atoms with Crippen molar-refractivity contribution in [2.75, 3.05) is 0 Å². The van der Waals surface area contributed by atoms with E-state index in [0.717, 1.165) is 12.8 Å². The van der Waals surface area contributed by atoms with Crippen molar-refractivity contribution in [3.05, 3.63) is 34.6 Å². The van der Waals surface area contributed by atoms with Crippen molar-refractivity contribution in [2.24, 2.45) is 0 Å². The van der Waals surface area contributed by atoms with Gasteiger partial charge in [0.2, 0.25) is 5.91 Å². The Labute approximate surface area is 121 Å². The number of aliphatic carboxylic acids is 1. The van der Waals surface area contributed by atoms with Crippen LogP contribution in [0.25, 0.3) is 0 Å². The quantitative estimate of drug-likeness (QED) is 0.909. The molecule has 0 spiro atoms. The Hall–Kier alpha value is -1.62. The molecule has 4 nitrogen and oxygen atoms in total. The predicted octanol–water partition coefficient (Wildman–Crippen LogP) is 2.49. The average Bonchev–Trinajstić information content (AvgIpc) is 3.18. The first-order valence-corrected chi connectivity index (χ1v) is 6.76. The number of halogens is 2. The van der Waals surface area contributed by atoms with Crippen LogP contribution in [-0.2, 0) is 16.0 Å². The van der Waals surface area contributed by atoms with Crippen LogP contribution in [0.4, 0.5) is 4.39 Å². The van der Waals surface area contributed by atoms with Crippen molar-refractivity contribution in [3.63, 3.8) is 0 Å². The molecule has 20 heavy (non-hydrogen) atoms. The number of benzene rings is 1. The molecular weight excluding hydrogens is 285 g/mol. The minimum absolute atomic E-state index is 0.0563. The number of hydrogen-bond acceptors (Lipinski definition) is 2. The maximum absolute atomic E-state index is 13.7. The molecule has 0 aliphatic heterocycles. The lowest BCUT2D eigenvalue weighted by Crippen LogP contribution is -2.45. The summed E-state index contributed by atoms with van der Waals surface area (Å²) in [7, 11) is 0. The van der Waals surface area contributed by atoms with Gasteiger partial charge in [0.1, 0.15) is 11.9 Å². The van der Waals surface area contributed by atoms with E-state index in [1.54, 1.807) is 0 Å². The zero-order chi connectivity index (χ0) is 14.9. The van der Waals surface area contributed by atoms with Gasteiger partial charge in [-0.3, -0.25) is 4.79 Å². The molecule has 6 heteroatoms. The molecule has 0 saturated heterocycles. The monoisotopic (exact) mass is 299 g/mol. The van der Waals surface area contributed by atoms with Crippen molar-refractivity contribution in [3.8, 4) is 0 Å². The lowest BCUT2D eigenvalue weighted by Gasteiger charge is -2.26. The number of carboxylic acid groups (broad SMARTS) is 1. The number of amides is 1. The summed E-state index contributed by atoms with van der Waals surface area (Å²) < 4.78 is 13.7. The summed E-state index contributed by atoms with van der Waals surface area (Å²) in [4.78, 5) is 24.7. The van der Waals surface area contributed by atoms with Crippen LogP contribution in [0.2, 0.25) is 5.02 Å². The third-order valence-corrected chi connectivity index (χ3v) is 3.75. The molecule has 0 bridgehead atoms. The van der Waals surface area contributed by atoms with Crippen LogP contribution < -0.4 is 0 Å². The summed E-state index contributed by atoms with van der Waals surface area (Å²) in [5, 5.41) is 9.24. The van der Waals surface area contributed by atoms with Gasteiger partial charge >= 0.3 is 5.97 Å². The maximum atomic E-state index is 13.7. The second-order valence-electron chi connectivity index (χ2n) is 4.92. The van der Waals surface area contributed by atoms with Crippen molar-refractivity contribution in [2.45, 2.75) is 38.3 Å². The largest absolute Gasteiger partial charge is 0.480 e.